The molecule has 0 atom stereocenters. The lowest BCUT2D eigenvalue weighted by Crippen LogP contribution is -2.14. The summed E-state index contributed by atoms with van der Waals surface area (Å²) in [6.07, 6.45) is 1.58. The maximum absolute atomic E-state index is 12.2. The molecular formula is C9H8BrN3O2S2. The molecule has 17 heavy (non-hydrogen) atoms. The van der Waals surface area contributed by atoms with E-state index in [2.05, 4.69) is 26.3 Å². The van der Waals surface area contributed by atoms with Gasteiger partial charge in [0.15, 0.2) is 0 Å². The van der Waals surface area contributed by atoms with Crippen LogP contribution in [0.3, 0.4) is 0 Å². The summed E-state index contributed by atoms with van der Waals surface area (Å²) in [6, 6.07) is 3.30. The van der Waals surface area contributed by atoms with Crippen molar-refractivity contribution in [3.8, 4) is 0 Å². The summed E-state index contributed by atoms with van der Waals surface area (Å²) < 4.78 is 26.6. The number of aromatic nitrogens is 2. The highest BCUT2D eigenvalue weighted by atomic mass is 79.9. The average Bonchev–Trinajstić information content (AvgIpc) is 2.89. The minimum Gasteiger partial charge on any atom is -0.307 e. The molecule has 1 aliphatic heterocycles. The molecule has 0 fully saturated rings. The van der Waals surface area contributed by atoms with E-state index in [0.717, 1.165) is 19.1 Å². The van der Waals surface area contributed by atoms with Crippen LogP contribution in [0.5, 0.6) is 0 Å². The lowest BCUT2D eigenvalue weighted by Gasteiger charge is -2.01. The first-order chi connectivity index (χ1) is 8.07. The van der Waals surface area contributed by atoms with Crippen LogP contribution in [0.4, 0.5) is 0 Å². The molecule has 5 nitrogen and oxygen atoms in total. The van der Waals surface area contributed by atoms with E-state index >= 15 is 0 Å². The van der Waals surface area contributed by atoms with E-state index in [1.165, 1.54) is 11.3 Å². The van der Waals surface area contributed by atoms with Crippen molar-refractivity contribution in [1.29, 1.82) is 0 Å². The minimum absolute atomic E-state index is 0.290. The fourth-order valence-corrected chi connectivity index (χ4v) is 4.94. The predicted molar refractivity (Wildman–Crippen MR) is 67.4 cm³/mol. The van der Waals surface area contributed by atoms with Crippen molar-refractivity contribution in [3.63, 3.8) is 0 Å². The zero-order valence-electron chi connectivity index (χ0n) is 8.55. The van der Waals surface area contributed by atoms with E-state index < -0.39 is 10.0 Å². The van der Waals surface area contributed by atoms with Crippen LogP contribution in [0.25, 0.3) is 0 Å². The maximum Gasteiger partial charge on any atom is 0.292 e. The van der Waals surface area contributed by atoms with Gasteiger partial charge in [-0.25, -0.2) is 0 Å². The van der Waals surface area contributed by atoms with Crippen LogP contribution >= 0.6 is 27.3 Å². The number of rotatable bonds is 2. The molecule has 1 aliphatic rings. The van der Waals surface area contributed by atoms with Gasteiger partial charge in [0.1, 0.15) is 4.21 Å². The van der Waals surface area contributed by atoms with Gasteiger partial charge in [-0.3, -0.25) is 0 Å². The van der Waals surface area contributed by atoms with Crippen molar-refractivity contribution < 1.29 is 8.42 Å². The van der Waals surface area contributed by atoms with Crippen molar-refractivity contribution >= 4 is 37.3 Å². The predicted octanol–water partition coefficient (Wildman–Crippen LogP) is 1.55. The van der Waals surface area contributed by atoms with E-state index in [0.29, 0.717) is 17.3 Å². The molecule has 0 unspecified atom stereocenters. The molecule has 0 spiro atoms. The van der Waals surface area contributed by atoms with Crippen molar-refractivity contribution in [3.05, 3.63) is 33.4 Å². The molecule has 3 heterocycles. The molecule has 2 aromatic rings. The molecule has 3 rings (SSSR count). The number of hydrogen-bond acceptors (Lipinski definition) is 5. The fraction of sp³-hybridized carbons (Fsp3) is 0.222. The third-order valence-corrected chi connectivity index (χ3v) is 6.14. The Morgan fingerprint density at radius 1 is 1.41 bits per heavy atom. The highest BCUT2D eigenvalue weighted by Crippen LogP contribution is 2.28. The summed E-state index contributed by atoms with van der Waals surface area (Å²) in [7, 11) is -3.53. The molecule has 0 bridgehead atoms. The molecule has 0 saturated carbocycles. The first-order valence-corrected chi connectivity index (χ1v) is 7.91. The largest absolute Gasteiger partial charge is 0.307 e. The van der Waals surface area contributed by atoms with Gasteiger partial charge in [0.2, 0.25) is 0 Å². The van der Waals surface area contributed by atoms with Crippen molar-refractivity contribution in [2.24, 2.45) is 0 Å². The highest BCUT2D eigenvalue weighted by molar-refractivity contribution is 9.11. The van der Waals surface area contributed by atoms with Crippen molar-refractivity contribution in [1.82, 2.24) is 14.5 Å². The van der Waals surface area contributed by atoms with Gasteiger partial charge in [-0.15, -0.1) is 11.3 Å². The van der Waals surface area contributed by atoms with Crippen LogP contribution in [-0.4, -0.2) is 17.6 Å². The lowest BCUT2D eigenvalue weighted by atomic mass is 10.3. The van der Waals surface area contributed by atoms with Gasteiger partial charge in [-0.1, -0.05) is 0 Å². The SMILES string of the molecule is O=S(=O)(c1ccc(Br)s1)n1cc2c(n1)CNC2. The average molecular weight is 334 g/mol. The Bertz CT molecular complexity index is 653. The zero-order chi connectivity index (χ0) is 12.0. The van der Waals surface area contributed by atoms with E-state index in [1.807, 2.05) is 0 Å². The Kier molecular flexibility index (Phi) is 2.62. The second kappa shape index (κ2) is 3.91. The topological polar surface area (TPSA) is 64.0 Å². The second-order valence-corrected chi connectivity index (χ2v) is 8.13. The van der Waals surface area contributed by atoms with Crippen LogP contribution in [-0.2, 0) is 23.1 Å². The molecule has 0 saturated heterocycles. The number of fused-ring (bicyclic) bond motifs is 1. The van der Waals surface area contributed by atoms with Gasteiger partial charge in [0.25, 0.3) is 10.0 Å². The van der Waals surface area contributed by atoms with Gasteiger partial charge < -0.3 is 5.32 Å². The zero-order valence-corrected chi connectivity index (χ0v) is 11.8. The number of nitrogens with zero attached hydrogens (tertiary/aromatic N) is 2. The molecule has 1 N–H and O–H groups in total. The molecule has 0 aliphatic carbocycles. The van der Waals surface area contributed by atoms with Crippen LogP contribution in [0.2, 0.25) is 0 Å². The van der Waals surface area contributed by atoms with Gasteiger partial charge in [0.05, 0.1) is 9.48 Å². The summed E-state index contributed by atoms with van der Waals surface area (Å²) in [5.74, 6) is 0. The number of halogens is 1. The Morgan fingerprint density at radius 2 is 2.24 bits per heavy atom. The summed E-state index contributed by atoms with van der Waals surface area (Å²) in [6.45, 7) is 1.31. The third-order valence-electron chi connectivity index (χ3n) is 2.51. The van der Waals surface area contributed by atoms with E-state index in [9.17, 15) is 8.42 Å². The molecule has 0 aromatic carbocycles. The summed E-state index contributed by atoms with van der Waals surface area (Å²) in [4.78, 5) is 0. The van der Waals surface area contributed by atoms with Crippen molar-refractivity contribution in [2.75, 3.05) is 0 Å². The van der Waals surface area contributed by atoms with E-state index in [-0.39, 0.29) is 0 Å². The fourth-order valence-electron chi connectivity index (χ4n) is 1.68. The third kappa shape index (κ3) is 1.85. The van der Waals surface area contributed by atoms with Gasteiger partial charge in [0, 0.05) is 24.8 Å². The normalized spacial score (nSPS) is 15.1. The molecule has 0 amide bonds. The van der Waals surface area contributed by atoms with Gasteiger partial charge in [-0.2, -0.15) is 17.6 Å². The Hall–Kier alpha value is -0.700. The summed E-state index contributed by atoms with van der Waals surface area (Å²) >= 11 is 4.44. The van der Waals surface area contributed by atoms with E-state index in [4.69, 9.17) is 0 Å². The Balaban J connectivity index is 2.08. The van der Waals surface area contributed by atoms with Gasteiger partial charge >= 0.3 is 0 Å². The molecule has 0 radical (unpaired) electrons. The molecule has 2 aromatic heterocycles. The minimum atomic E-state index is -3.53. The standard InChI is InChI=1S/C9H8BrN3O2S2/c10-8-1-2-9(16-8)17(14,15)13-5-6-3-11-4-7(6)12-13/h1-2,5,11H,3-4H2. The molecule has 8 heteroatoms. The van der Waals surface area contributed by atoms with E-state index in [1.54, 1.807) is 18.3 Å². The Labute approximate surface area is 111 Å². The summed E-state index contributed by atoms with van der Waals surface area (Å²) in [5, 5.41) is 7.22. The Morgan fingerprint density at radius 3 is 2.88 bits per heavy atom. The summed E-state index contributed by atoms with van der Waals surface area (Å²) in [5.41, 5.74) is 1.76. The quantitative estimate of drug-likeness (QED) is 0.905. The van der Waals surface area contributed by atoms with Crippen LogP contribution in [0, 0.1) is 0 Å². The van der Waals surface area contributed by atoms with Crippen LogP contribution in [0.1, 0.15) is 11.3 Å². The smallest absolute Gasteiger partial charge is 0.292 e. The first kappa shape index (κ1) is 11.4. The molecular weight excluding hydrogens is 326 g/mol. The first-order valence-electron chi connectivity index (χ1n) is 4.86. The van der Waals surface area contributed by atoms with Crippen LogP contribution in [0.15, 0.2) is 26.3 Å². The number of nitrogens with one attached hydrogen (secondary N) is 1. The maximum atomic E-state index is 12.2. The lowest BCUT2D eigenvalue weighted by molar-refractivity contribution is 0.580. The number of hydrogen-bond donors (Lipinski definition) is 1. The monoisotopic (exact) mass is 333 g/mol. The highest BCUT2D eigenvalue weighted by Gasteiger charge is 2.24. The number of thiophene rings is 1. The second-order valence-electron chi connectivity index (χ2n) is 3.64. The van der Waals surface area contributed by atoms with Crippen molar-refractivity contribution in [2.45, 2.75) is 17.3 Å². The van der Waals surface area contributed by atoms with Gasteiger partial charge in [-0.05, 0) is 28.1 Å². The molecule has 90 valence electrons. The van der Waals surface area contributed by atoms with Crippen LogP contribution < -0.4 is 5.32 Å².